The molecule has 0 saturated heterocycles. The molecular formula is C20H26ClIN4O2. The summed E-state index contributed by atoms with van der Waals surface area (Å²) < 4.78 is 0. The Morgan fingerprint density at radius 3 is 2.54 bits per heavy atom. The average molecular weight is 517 g/mol. The SMILES string of the molecule is CCNC(=NCc1ccccc1Cl)NCCCNC(=O)c1cccc(O)c1.I. The average Bonchev–Trinajstić information content (AvgIpc) is 2.66. The Bertz CT molecular complexity index is 786. The summed E-state index contributed by atoms with van der Waals surface area (Å²) in [4.78, 5) is 16.5. The minimum atomic E-state index is -0.204. The molecule has 2 rings (SSSR count). The molecule has 0 unspecified atom stereocenters. The Hall–Kier alpha value is -2.00. The standard InChI is InChI=1S/C20H25ClN4O2.HI/c1-2-22-20(25-14-16-7-3-4-10-18(16)21)24-12-6-11-23-19(27)15-8-5-9-17(26)13-15;/h3-5,7-10,13,26H,2,6,11-12,14H2,1H3,(H,23,27)(H2,22,24,25);1H. The molecule has 152 valence electrons. The second kappa shape index (κ2) is 13.2. The number of phenols is 1. The maximum Gasteiger partial charge on any atom is 0.251 e. The molecule has 2 aromatic carbocycles. The van der Waals surface area contributed by atoms with E-state index in [1.54, 1.807) is 12.1 Å². The zero-order chi connectivity index (χ0) is 19.5. The highest BCUT2D eigenvalue weighted by Gasteiger charge is 2.05. The summed E-state index contributed by atoms with van der Waals surface area (Å²) in [5, 5.41) is 19.4. The molecule has 0 aromatic heterocycles. The Morgan fingerprint density at radius 1 is 1.07 bits per heavy atom. The van der Waals surface area contributed by atoms with E-state index in [-0.39, 0.29) is 35.6 Å². The number of hydrogen-bond donors (Lipinski definition) is 4. The summed E-state index contributed by atoms with van der Waals surface area (Å²) >= 11 is 6.15. The van der Waals surface area contributed by atoms with Crippen LogP contribution >= 0.6 is 35.6 Å². The number of amides is 1. The van der Waals surface area contributed by atoms with Gasteiger partial charge >= 0.3 is 0 Å². The highest BCUT2D eigenvalue weighted by Crippen LogP contribution is 2.15. The van der Waals surface area contributed by atoms with Crippen LogP contribution in [0.25, 0.3) is 0 Å². The van der Waals surface area contributed by atoms with Crippen molar-refractivity contribution in [2.45, 2.75) is 19.9 Å². The summed E-state index contributed by atoms with van der Waals surface area (Å²) in [6.45, 7) is 4.42. The van der Waals surface area contributed by atoms with Crippen LogP contribution in [0, 0.1) is 0 Å². The van der Waals surface area contributed by atoms with E-state index in [1.165, 1.54) is 12.1 Å². The number of rotatable bonds is 8. The molecule has 0 bridgehead atoms. The third-order valence-electron chi connectivity index (χ3n) is 3.75. The van der Waals surface area contributed by atoms with Gasteiger partial charge in [0, 0.05) is 30.2 Å². The van der Waals surface area contributed by atoms with Gasteiger partial charge in [0.2, 0.25) is 0 Å². The molecule has 0 aliphatic heterocycles. The molecule has 1 amide bonds. The number of guanidine groups is 1. The molecular weight excluding hydrogens is 491 g/mol. The van der Waals surface area contributed by atoms with Gasteiger partial charge < -0.3 is 21.1 Å². The molecule has 4 N–H and O–H groups in total. The molecule has 0 atom stereocenters. The highest BCUT2D eigenvalue weighted by molar-refractivity contribution is 14.0. The quantitative estimate of drug-likeness (QED) is 0.187. The monoisotopic (exact) mass is 516 g/mol. The number of nitrogens with one attached hydrogen (secondary N) is 3. The van der Waals surface area contributed by atoms with Crippen molar-refractivity contribution >= 4 is 47.4 Å². The number of benzene rings is 2. The van der Waals surface area contributed by atoms with Crippen LogP contribution in [0.5, 0.6) is 5.75 Å². The maximum atomic E-state index is 12.0. The molecule has 0 aliphatic rings. The van der Waals surface area contributed by atoms with Crippen molar-refractivity contribution in [1.29, 1.82) is 0 Å². The van der Waals surface area contributed by atoms with Gasteiger partial charge in [-0.05, 0) is 43.2 Å². The van der Waals surface area contributed by atoms with Gasteiger partial charge in [0.25, 0.3) is 5.91 Å². The van der Waals surface area contributed by atoms with E-state index in [9.17, 15) is 9.90 Å². The molecule has 2 aromatic rings. The molecule has 0 fully saturated rings. The first kappa shape index (κ1) is 24.0. The fourth-order valence-electron chi connectivity index (χ4n) is 2.38. The number of carbonyl (C=O) groups excluding carboxylic acids is 1. The number of hydrogen-bond acceptors (Lipinski definition) is 3. The van der Waals surface area contributed by atoms with Gasteiger partial charge in [-0.1, -0.05) is 35.9 Å². The normalized spacial score (nSPS) is 10.7. The summed E-state index contributed by atoms with van der Waals surface area (Å²) in [6.07, 6.45) is 0.737. The molecule has 0 radical (unpaired) electrons. The van der Waals surface area contributed by atoms with Crippen molar-refractivity contribution in [2.24, 2.45) is 4.99 Å². The lowest BCUT2D eigenvalue weighted by atomic mass is 10.2. The van der Waals surface area contributed by atoms with Gasteiger partial charge in [-0.2, -0.15) is 0 Å². The van der Waals surface area contributed by atoms with Crippen LogP contribution in [-0.2, 0) is 6.54 Å². The fraction of sp³-hybridized carbons (Fsp3) is 0.300. The second-order valence-corrected chi connectivity index (χ2v) is 6.28. The third kappa shape index (κ3) is 8.35. The van der Waals surface area contributed by atoms with Crippen LogP contribution in [0.3, 0.4) is 0 Å². The zero-order valence-corrected chi connectivity index (χ0v) is 18.8. The number of phenolic OH excluding ortho intramolecular Hbond substituents is 1. The Balaban J connectivity index is 0.00000392. The van der Waals surface area contributed by atoms with Crippen LogP contribution in [0.4, 0.5) is 0 Å². The largest absolute Gasteiger partial charge is 0.508 e. The first-order valence-electron chi connectivity index (χ1n) is 8.93. The minimum absolute atomic E-state index is 0. The van der Waals surface area contributed by atoms with Crippen LogP contribution in [0.1, 0.15) is 29.3 Å². The van der Waals surface area contributed by atoms with Crippen LogP contribution < -0.4 is 16.0 Å². The van der Waals surface area contributed by atoms with Crippen molar-refractivity contribution in [3.05, 3.63) is 64.7 Å². The van der Waals surface area contributed by atoms with E-state index in [4.69, 9.17) is 11.6 Å². The highest BCUT2D eigenvalue weighted by atomic mass is 127. The Morgan fingerprint density at radius 2 is 1.82 bits per heavy atom. The van der Waals surface area contributed by atoms with E-state index in [1.807, 2.05) is 31.2 Å². The van der Waals surface area contributed by atoms with Gasteiger partial charge in [-0.15, -0.1) is 24.0 Å². The van der Waals surface area contributed by atoms with E-state index in [0.717, 1.165) is 18.5 Å². The van der Waals surface area contributed by atoms with E-state index >= 15 is 0 Å². The first-order chi connectivity index (χ1) is 13.1. The lowest BCUT2D eigenvalue weighted by Gasteiger charge is -2.12. The van der Waals surface area contributed by atoms with Gasteiger partial charge in [-0.25, -0.2) is 4.99 Å². The van der Waals surface area contributed by atoms with Crippen LogP contribution in [0.2, 0.25) is 5.02 Å². The van der Waals surface area contributed by atoms with Gasteiger partial charge in [-0.3, -0.25) is 4.79 Å². The molecule has 0 heterocycles. The van der Waals surface area contributed by atoms with Gasteiger partial charge in [0.05, 0.1) is 6.54 Å². The fourth-order valence-corrected chi connectivity index (χ4v) is 2.57. The lowest BCUT2D eigenvalue weighted by molar-refractivity contribution is 0.0953. The first-order valence-corrected chi connectivity index (χ1v) is 9.30. The molecule has 28 heavy (non-hydrogen) atoms. The lowest BCUT2D eigenvalue weighted by Crippen LogP contribution is -2.38. The molecule has 0 saturated carbocycles. The van der Waals surface area contributed by atoms with E-state index in [0.29, 0.717) is 36.2 Å². The van der Waals surface area contributed by atoms with Crippen molar-refractivity contribution in [3.63, 3.8) is 0 Å². The van der Waals surface area contributed by atoms with Gasteiger partial charge in [0.1, 0.15) is 5.75 Å². The molecule has 0 aliphatic carbocycles. The predicted molar refractivity (Wildman–Crippen MR) is 125 cm³/mol. The smallest absolute Gasteiger partial charge is 0.251 e. The van der Waals surface area contributed by atoms with Crippen molar-refractivity contribution in [2.75, 3.05) is 19.6 Å². The number of aliphatic imine (C=N–C) groups is 1. The van der Waals surface area contributed by atoms with E-state index < -0.39 is 0 Å². The topological polar surface area (TPSA) is 85.8 Å². The van der Waals surface area contributed by atoms with Crippen LogP contribution in [0.15, 0.2) is 53.5 Å². The number of carbonyl (C=O) groups is 1. The molecule has 0 spiro atoms. The van der Waals surface area contributed by atoms with Crippen molar-refractivity contribution in [1.82, 2.24) is 16.0 Å². The van der Waals surface area contributed by atoms with Crippen molar-refractivity contribution in [3.8, 4) is 5.75 Å². The Kier molecular flexibility index (Phi) is 11.4. The van der Waals surface area contributed by atoms with Crippen molar-refractivity contribution < 1.29 is 9.90 Å². The van der Waals surface area contributed by atoms with Gasteiger partial charge in [0.15, 0.2) is 5.96 Å². The second-order valence-electron chi connectivity index (χ2n) is 5.87. The zero-order valence-electron chi connectivity index (χ0n) is 15.7. The number of aromatic hydroxyl groups is 1. The predicted octanol–water partition coefficient (Wildman–Crippen LogP) is 3.54. The number of nitrogens with zero attached hydrogens (tertiary/aromatic N) is 1. The van der Waals surface area contributed by atoms with Crippen LogP contribution in [-0.4, -0.2) is 36.6 Å². The summed E-state index contributed by atoms with van der Waals surface area (Å²) in [7, 11) is 0. The minimum Gasteiger partial charge on any atom is -0.508 e. The van der Waals surface area contributed by atoms with E-state index in [2.05, 4.69) is 20.9 Å². The Labute approximate surface area is 187 Å². The summed E-state index contributed by atoms with van der Waals surface area (Å²) in [5.41, 5.74) is 1.41. The summed E-state index contributed by atoms with van der Waals surface area (Å²) in [6, 6.07) is 13.9. The molecule has 6 nitrogen and oxygen atoms in total. The third-order valence-corrected chi connectivity index (χ3v) is 4.12. The number of halogens is 2. The molecule has 8 heteroatoms. The summed E-state index contributed by atoms with van der Waals surface area (Å²) in [5.74, 6) is 0.580. The maximum absolute atomic E-state index is 12.0.